The molecule has 17 heavy (non-hydrogen) atoms. The molecule has 0 atom stereocenters. The molecule has 0 aliphatic carbocycles. The molecule has 6 heteroatoms. The topological polar surface area (TPSA) is 67.8 Å². The number of rotatable bonds is 2. The number of H-pyrrole nitrogens is 1. The molecule has 0 aliphatic heterocycles. The van der Waals surface area contributed by atoms with Crippen LogP contribution in [0.4, 0.5) is 0 Å². The van der Waals surface area contributed by atoms with E-state index < -0.39 is 11.2 Å². The maximum absolute atomic E-state index is 11.5. The standard InChI is InChI=1S/C11H10ClN3O2/c1-7-2-8(4-13-3-7)5-15-6-9(12)10(16)14-11(15)17/h2-4,6H,5H2,1H3,(H,14,16,17). The van der Waals surface area contributed by atoms with Crippen molar-refractivity contribution in [3.05, 3.63) is 61.6 Å². The lowest BCUT2D eigenvalue weighted by atomic mass is 10.2. The van der Waals surface area contributed by atoms with E-state index in [9.17, 15) is 9.59 Å². The van der Waals surface area contributed by atoms with Crippen molar-refractivity contribution in [2.24, 2.45) is 0 Å². The summed E-state index contributed by atoms with van der Waals surface area (Å²) in [5.41, 5.74) is 0.817. The van der Waals surface area contributed by atoms with Gasteiger partial charge in [-0.05, 0) is 18.1 Å². The molecule has 2 aromatic heterocycles. The maximum atomic E-state index is 11.5. The minimum absolute atomic E-state index is 0.00906. The lowest BCUT2D eigenvalue weighted by Crippen LogP contribution is -2.29. The molecule has 0 saturated carbocycles. The highest BCUT2D eigenvalue weighted by Crippen LogP contribution is 2.03. The summed E-state index contributed by atoms with van der Waals surface area (Å²) in [5.74, 6) is 0. The Kier molecular flexibility index (Phi) is 3.10. The van der Waals surface area contributed by atoms with Gasteiger partial charge in [0.2, 0.25) is 0 Å². The molecule has 0 bridgehead atoms. The molecular formula is C11H10ClN3O2. The number of pyridine rings is 1. The van der Waals surface area contributed by atoms with Crippen LogP contribution in [0.5, 0.6) is 0 Å². The first-order valence-electron chi connectivity index (χ1n) is 4.96. The number of nitrogens with one attached hydrogen (secondary N) is 1. The lowest BCUT2D eigenvalue weighted by molar-refractivity contribution is 0.718. The molecular weight excluding hydrogens is 242 g/mol. The van der Waals surface area contributed by atoms with Crippen molar-refractivity contribution in [3.63, 3.8) is 0 Å². The molecule has 0 aliphatic rings. The number of halogens is 1. The molecule has 2 aromatic rings. The Hall–Kier alpha value is -1.88. The predicted molar refractivity (Wildman–Crippen MR) is 64.4 cm³/mol. The van der Waals surface area contributed by atoms with Crippen molar-refractivity contribution in [2.75, 3.05) is 0 Å². The van der Waals surface area contributed by atoms with Crippen molar-refractivity contribution >= 4 is 11.6 Å². The van der Waals surface area contributed by atoms with Crippen LogP contribution in [0, 0.1) is 6.92 Å². The Balaban J connectivity index is 2.40. The predicted octanol–water partition coefficient (Wildman–Crippen LogP) is 0.942. The fourth-order valence-corrected chi connectivity index (χ4v) is 1.67. The molecule has 0 spiro atoms. The van der Waals surface area contributed by atoms with Crippen LogP contribution < -0.4 is 11.2 Å². The first-order valence-corrected chi connectivity index (χ1v) is 5.34. The second-order valence-electron chi connectivity index (χ2n) is 3.73. The SMILES string of the molecule is Cc1cncc(Cn2cc(Cl)c(=O)[nH]c2=O)c1. The number of aromatic amines is 1. The Morgan fingerprint density at radius 1 is 1.41 bits per heavy atom. The minimum Gasteiger partial charge on any atom is -0.295 e. The summed E-state index contributed by atoms with van der Waals surface area (Å²) >= 11 is 5.66. The Morgan fingerprint density at radius 3 is 2.88 bits per heavy atom. The van der Waals surface area contributed by atoms with E-state index in [0.717, 1.165) is 11.1 Å². The van der Waals surface area contributed by atoms with Gasteiger partial charge < -0.3 is 0 Å². The molecule has 0 fully saturated rings. The van der Waals surface area contributed by atoms with Gasteiger partial charge in [0.1, 0.15) is 5.02 Å². The highest BCUT2D eigenvalue weighted by molar-refractivity contribution is 6.30. The molecule has 2 heterocycles. The van der Waals surface area contributed by atoms with Gasteiger partial charge in [0.05, 0.1) is 6.54 Å². The van der Waals surface area contributed by atoms with E-state index in [1.165, 1.54) is 10.8 Å². The second kappa shape index (κ2) is 4.55. The van der Waals surface area contributed by atoms with Crippen molar-refractivity contribution in [1.29, 1.82) is 0 Å². The zero-order chi connectivity index (χ0) is 12.4. The van der Waals surface area contributed by atoms with E-state index in [-0.39, 0.29) is 5.02 Å². The summed E-state index contributed by atoms with van der Waals surface area (Å²) in [6.45, 7) is 2.24. The number of hydrogen-bond donors (Lipinski definition) is 1. The normalized spacial score (nSPS) is 10.5. The zero-order valence-electron chi connectivity index (χ0n) is 9.11. The lowest BCUT2D eigenvalue weighted by Gasteiger charge is -2.05. The largest absolute Gasteiger partial charge is 0.328 e. The van der Waals surface area contributed by atoms with Crippen LogP contribution in [0.2, 0.25) is 5.02 Å². The minimum atomic E-state index is -0.574. The van der Waals surface area contributed by atoms with Crippen LogP contribution in [0.1, 0.15) is 11.1 Å². The maximum Gasteiger partial charge on any atom is 0.328 e. The number of aryl methyl sites for hydroxylation is 1. The Morgan fingerprint density at radius 2 is 2.18 bits per heavy atom. The quantitative estimate of drug-likeness (QED) is 0.864. The van der Waals surface area contributed by atoms with E-state index in [4.69, 9.17) is 11.6 Å². The van der Waals surface area contributed by atoms with Crippen LogP contribution in [0.15, 0.2) is 34.2 Å². The Labute approximate surface area is 102 Å². The van der Waals surface area contributed by atoms with Crippen LogP contribution in [-0.4, -0.2) is 14.5 Å². The number of hydrogen-bond acceptors (Lipinski definition) is 3. The van der Waals surface area contributed by atoms with Gasteiger partial charge in [-0.25, -0.2) is 4.79 Å². The molecule has 0 unspecified atom stereocenters. The van der Waals surface area contributed by atoms with Crippen LogP contribution in [0.25, 0.3) is 0 Å². The van der Waals surface area contributed by atoms with E-state index >= 15 is 0 Å². The molecule has 88 valence electrons. The fraction of sp³-hybridized carbons (Fsp3) is 0.182. The molecule has 0 aromatic carbocycles. The number of nitrogens with zero attached hydrogens (tertiary/aromatic N) is 2. The first-order chi connectivity index (χ1) is 8.06. The third-order valence-electron chi connectivity index (χ3n) is 2.25. The monoisotopic (exact) mass is 251 g/mol. The van der Waals surface area contributed by atoms with E-state index in [1.54, 1.807) is 12.4 Å². The van der Waals surface area contributed by atoms with Gasteiger partial charge in [-0.2, -0.15) is 0 Å². The van der Waals surface area contributed by atoms with Gasteiger partial charge in [-0.3, -0.25) is 19.3 Å². The van der Waals surface area contributed by atoms with Crippen LogP contribution in [0.3, 0.4) is 0 Å². The highest BCUT2D eigenvalue weighted by atomic mass is 35.5. The van der Waals surface area contributed by atoms with Gasteiger partial charge in [0, 0.05) is 18.6 Å². The number of aromatic nitrogens is 3. The fourth-order valence-electron chi connectivity index (χ4n) is 1.50. The van der Waals surface area contributed by atoms with Gasteiger partial charge in [-0.1, -0.05) is 17.7 Å². The van der Waals surface area contributed by atoms with Gasteiger partial charge in [0.15, 0.2) is 0 Å². The Bertz CT molecular complexity index is 660. The van der Waals surface area contributed by atoms with E-state index in [0.29, 0.717) is 6.54 Å². The van der Waals surface area contributed by atoms with Crippen LogP contribution in [-0.2, 0) is 6.54 Å². The molecule has 0 amide bonds. The van der Waals surface area contributed by atoms with Gasteiger partial charge >= 0.3 is 5.69 Å². The molecule has 5 nitrogen and oxygen atoms in total. The van der Waals surface area contributed by atoms with E-state index in [1.807, 2.05) is 13.0 Å². The first kappa shape index (κ1) is 11.6. The summed E-state index contributed by atoms with van der Waals surface area (Å²) in [7, 11) is 0. The summed E-state index contributed by atoms with van der Waals surface area (Å²) < 4.78 is 1.33. The average molecular weight is 252 g/mol. The van der Waals surface area contributed by atoms with Crippen LogP contribution >= 0.6 is 11.6 Å². The van der Waals surface area contributed by atoms with Gasteiger partial charge in [-0.15, -0.1) is 0 Å². The summed E-state index contributed by atoms with van der Waals surface area (Å²) in [4.78, 5) is 28.8. The summed E-state index contributed by atoms with van der Waals surface area (Å²) in [6, 6.07) is 1.92. The van der Waals surface area contributed by atoms with Crippen molar-refractivity contribution < 1.29 is 0 Å². The van der Waals surface area contributed by atoms with E-state index in [2.05, 4.69) is 9.97 Å². The third kappa shape index (κ3) is 2.62. The molecule has 0 radical (unpaired) electrons. The van der Waals surface area contributed by atoms with Gasteiger partial charge in [0.25, 0.3) is 5.56 Å². The highest BCUT2D eigenvalue weighted by Gasteiger charge is 2.03. The average Bonchev–Trinajstić information content (AvgIpc) is 2.26. The van der Waals surface area contributed by atoms with Crippen molar-refractivity contribution in [3.8, 4) is 0 Å². The zero-order valence-corrected chi connectivity index (χ0v) is 9.86. The summed E-state index contributed by atoms with van der Waals surface area (Å²) in [5, 5.41) is -0.00906. The summed E-state index contributed by atoms with van der Waals surface area (Å²) in [6.07, 6.45) is 4.72. The molecule has 0 saturated heterocycles. The smallest absolute Gasteiger partial charge is 0.295 e. The second-order valence-corrected chi connectivity index (χ2v) is 4.14. The molecule has 1 N–H and O–H groups in total. The van der Waals surface area contributed by atoms with Crippen molar-refractivity contribution in [2.45, 2.75) is 13.5 Å². The third-order valence-corrected chi connectivity index (χ3v) is 2.52. The molecule has 2 rings (SSSR count). The van der Waals surface area contributed by atoms with Crippen molar-refractivity contribution in [1.82, 2.24) is 14.5 Å².